The van der Waals surface area contributed by atoms with Crippen LogP contribution in [0.15, 0.2) is 12.8 Å². The summed E-state index contributed by atoms with van der Waals surface area (Å²) in [5.41, 5.74) is -0.131. The summed E-state index contributed by atoms with van der Waals surface area (Å²) in [6.07, 6.45) is 14.7. The number of hydrogen-bond acceptors (Lipinski definition) is 3. The molecule has 22 heavy (non-hydrogen) atoms. The van der Waals surface area contributed by atoms with Gasteiger partial charge in [-0.2, -0.15) is 0 Å². The fraction of sp³-hybridized carbons (Fsp3) is 0.895. The van der Waals surface area contributed by atoms with E-state index >= 15 is 0 Å². The molecule has 2 unspecified atom stereocenters. The molecule has 0 N–H and O–H groups in total. The van der Waals surface area contributed by atoms with E-state index in [1.165, 1.54) is 57.8 Å². The fourth-order valence-corrected chi connectivity index (χ4v) is 3.73. The third-order valence-corrected chi connectivity index (χ3v) is 5.21. The second kappa shape index (κ2) is 9.57. The van der Waals surface area contributed by atoms with E-state index in [1.54, 1.807) is 6.26 Å². The first-order valence-electron chi connectivity index (χ1n) is 9.29. The van der Waals surface area contributed by atoms with Gasteiger partial charge in [0.1, 0.15) is 18.3 Å². The molecule has 1 heterocycles. The van der Waals surface area contributed by atoms with Gasteiger partial charge in [0.2, 0.25) is 0 Å². The molecule has 0 bridgehead atoms. The lowest BCUT2D eigenvalue weighted by Gasteiger charge is -2.42. The lowest BCUT2D eigenvalue weighted by molar-refractivity contribution is -0.135. The highest BCUT2D eigenvalue weighted by Crippen LogP contribution is 2.39. The molecule has 128 valence electrons. The summed E-state index contributed by atoms with van der Waals surface area (Å²) >= 11 is 0. The summed E-state index contributed by atoms with van der Waals surface area (Å²) in [4.78, 5) is 0. The normalized spacial score (nSPS) is 24.7. The second-order valence-corrected chi connectivity index (χ2v) is 6.95. The van der Waals surface area contributed by atoms with Gasteiger partial charge in [-0.3, -0.25) is 0 Å². The molecule has 2 fully saturated rings. The van der Waals surface area contributed by atoms with Gasteiger partial charge in [-0.25, -0.2) is 0 Å². The van der Waals surface area contributed by atoms with Crippen molar-refractivity contribution >= 4 is 0 Å². The maximum atomic E-state index is 6.48. The van der Waals surface area contributed by atoms with Gasteiger partial charge in [-0.1, -0.05) is 58.4 Å². The van der Waals surface area contributed by atoms with Crippen LogP contribution in [0, 0.1) is 5.92 Å². The molecule has 0 aromatic heterocycles. The van der Waals surface area contributed by atoms with Crippen molar-refractivity contribution < 1.29 is 14.2 Å². The molecule has 0 radical (unpaired) electrons. The van der Waals surface area contributed by atoms with E-state index in [0.717, 1.165) is 19.6 Å². The van der Waals surface area contributed by atoms with E-state index in [9.17, 15) is 0 Å². The zero-order valence-electron chi connectivity index (χ0n) is 14.4. The quantitative estimate of drug-likeness (QED) is 0.293. The van der Waals surface area contributed by atoms with Crippen LogP contribution >= 0.6 is 0 Å². The average Bonchev–Trinajstić information content (AvgIpc) is 3.39. The van der Waals surface area contributed by atoms with Gasteiger partial charge in [-0.05, 0) is 25.2 Å². The molecule has 1 saturated heterocycles. The first-order chi connectivity index (χ1) is 10.8. The van der Waals surface area contributed by atoms with Gasteiger partial charge in [0.05, 0.1) is 19.5 Å². The van der Waals surface area contributed by atoms with Crippen LogP contribution in [0.25, 0.3) is 0 Å². The summed E-state index contributed by atoms with van der Waals surface area (Å²) < 4.78 is 17.5. The van der Waals surface area contributed by atoms with E-state index in [1.807, 2.05) is 0 Å². The van der Waals surface area contributed by atoms with Crippen molar-refractivity contribution in [2.24, 2.45) is 5.92 Å². The lowest BCUT2D eigenvalue weighted by atomic mass is 9.74. The Morgan fingerprint density at radius 3 is 2.59 bits per heavy atom. The van der Waals surface area contributed by atoms with Crippen molar-refractivity contribution in [3.8, 4) is 0 Å². The Bertz CT molecular complexity index is 308. The standard InChI is InChI=1S/C19H34O3/c1-3-5-6-10-13-19(16-20-4-2,22-15-18-14-21-18)17-11-8-7-9-12-17/h4,17-18H,2-3,5-16H2,1H3. The number of epoxide rings is 1. The van der Waals surface area contributed by atoms with E-state index in [4.69, 9.17) is 14.2 Å². The molecule has 2 aliphatic rings. The molecule has 2 rings (SSSR count). The highest BCUT2D eigenvalue weighted by molar-refractivity contribution is 4.91. The second-order valence-electron chi connectivity index (χ2n) is 6.95. The molecule has 0 aromatic carbocycles. The third-order valence-electron chi connectivity index (χ3n) is 5.21. The van der Waals surface area contributed by atoms with Gasteiger partial charge in [0.15, 0.2) is 0 Å². The first-order valence-corrected chi connectivity index (χ1v) is 9.29. The summed E-state index contributed by atoms with van der Waals surface area (Å²) in [5.74, 6) is 0.626. The smallest absolute Gasteiger partial charge is 0.116 e. The van der Waals surface area contributed by atoms with Crippen LogP contribution < -0.4 is 0 Å². The van der Waals surface area contributed by atoms with Crippen LogP contribution in [0.1, 0.15) is 71.1 Å². The molecule has 0 amide bonds. The number of rotatable bonds is 12. The van der Waals surface area contributed by atoms with Gasteiger partial charge >= 0.3 is 0 Å². The van der Waals surface area contributed by atoms with Gasteiger partial charge < -0.3 is 14.2 Å². The minimum Gasteiger partial charge on any atom is -0.499 e. The molecule has 0 spiro atoms. The molecule has 3 nitrogen and oxygen atoms in total. The summed E-state index contributed by atoms with van der Waals surface area (Å²) in [5, 5.41) is 0. The molecular formula is C19H34O3. The Balaban J connectivity index is 1.98. The first kappa shape index (κ1) is 17.8. The van der Waals surface area contributed by atoms with Crippen LogP contribution in [0.5, 0.6) is 0 Å². The van der Waals surface area contributed by atoms with Crippen LogP contribution in [0.3, 0.4) is 0 Å². The number of unbranched alkanes of at least 4 members (excludes halogenated alkanes) is 3. The largest absolute Gasteiger partial charge is 0.499 e. The minimum atomic E-state index is -0.131. The van der Waals surface area contributed by atoms with Crippen molar-refractivity contribution in [3.63, 3.8) is 0 Å². The van der Waals surface area contributed by atoms with Crippen LogP contribution in [-0.2, 0) is 14.2 Å². The van der Waals surface area contributed by atoms with Crippen molar-refractivity contribution in [2.75, 3.05) is 19.8 Å². The predicted molar refractivity (Wildman–Crippen MR) is 89.9 cm³/mol. The molecule has 1 saturated carbocycles. The Labute approximate surface area is 136 Å². The van der Waals surface area contributed by atoms with Gasteiger partial charge in [0.25, 0.3) is 0 Å². The fourth-order valence-electron chi connectivity index (χ4n) is 3.73. The lowest BCUT2D eigenvalue weighted by Crippen LogP contribution is -2.46. The van der Waals surface area contributed by atoms with Crippen molar-refractivity contribution in [1.29, 1.82) is 0 Å². The predicted octanol–water partition coefficient (Wildman–Crippen LogP) is 4.85. The SMILES string of the molecule is C=COCC(CCCCCC)(OCC1CO1)C1CCCCC1. The Hall–Kier alpha value is -0.540. The maximum Gasteiger partial charge on any atom is 0.116 e. The average molecular weight is 310 g/mol. The van der Waals surface area contributed by atoms with E-state index in [-0.39, 0.29) is 5.60 Å². The van der Waals surface area contributed by atoms with Gasteiger partial charge in [0, 0.05) is 0 Å². The Morgan fingerprint density at radius 1 is 1.18 bits per heavy atom. The molecule has 1 aliphatic heterocycles. The van der Waals surface area contributed by atoms with E-state index in [2.05, 4.69) is 13.5 Å². The number of ether oxygens (including phenoxy) is 3. The van der Waals surface area contributed by atoms with Crippen molar-refractivity contribution in [1.82, 2.24) is 0 Å². The highest BCUT2D eigenvalue weighted by atomic mass is 16.6. The Kier molecular flexibility index (Phi) is 7.74. The molecule has 1 aliphatic carbocycles. The van der Waals surface area contributed by atoms with Crippen LogP contribution in [0.4, 0.5) is 0 Å². The molecule has 2 atom stereocenters. The monoisotopic (exact) mass is 310 g/mol. The highest BCUT2D eigenvalue weighted by Gasteiger charge is 2.42. The molecule has 0 aromatic rings. The van der Waals surface area contributed by atoms with E-state index in [0.29, 0.717) is 18.6 Å². The van der Waals surface area contributed by atoms with Crippen LogP contribution in [-0.4, -0.2) is 31.5 Å². The summed E-state index contributed by atoms with van der Waals surface area (Å²) in [7, 11) is 0. The zero-order valence-corrected chi connectivity index (χ0v) is 14.4. The van der Waals surface area contributed by atoms with E-state index < -0.39 is 0 Å². The summed E-state index contributed by atoms with van der Waals surface area (Å²) in [6.45, 7) is 8.22. The molecular weight excluding hydrogens is 276 g/mol. The Morgan fingerprint density at radius 2 is 1.95 bits per heavy atom. The third kappa shape index (κ3) is 5.58. The summed E-state index contributed by atoms with van der Waals surface area (Å²) in [6, 6.07) is 0. The number of hydrogen-bond donors (Lipinski definition) is 0. The maximum absolute atomic E-state index is 6.48. The zero-order chi connectivity index (χ0) is 15.7. The van der Waals surface area contributed by atoms with Crippen molar-refractivity contribution in [2.45, 2.75) is 82.8 Å². The topological polar surface area (TPSA) is 31.0 Å². The van der Waals surface area contributed by atoms with Crippen molar-refractivity contribution in [3.05, 3.63) is 12.8 Å². The molecule has 3 heteroatoms. The minimum absolute atomic E-state index is 0.131. The van der Waals surface area contributed by atoms with Gasteiger partial charge in [-0.15, -0.1) is 0 Å². The van der Waals surface area contributed by atoms with Crippen LogP contribution in [0.2, 0.25) is 0 Å².